The number of anilines is 1. The minimum atomic E-state index is -0.464. The smallest absolute Gasteiger partial charge is 0.319 e. The number of hydrogen-bond donors (Lipinski definition) is 3. The van der Waals surface area contributed by atoms with E-state index in [9.17, 15) is 9.90 Å². The van der Waals surface area contributed by atoms with Crippen molar-refractivity contribution in [3.05, 3.63) is 29.8 Å². The van der Waals surface area contributed by atoms with E-state index in [2.05, 4.69) is 16.6 Å². The first-order valence-corrected chi connectivity index (χ1v) is 6.44. The molecule has 1 fully saturated rings. The molecule has 0 aliphatic heterocycles. The summed E-state index contributed by atoms with van der Waals surface area (Å²) < 4.78 is 0. The number of nitrogens with one attached hydrogen (secondary N) is 2. The van der Waals surface area contributed by atoms with Crippen molar-refractivity contribution < 1.29 is 9.90 Å². The normalized spacial score (nSPS) is 16.6. The van der Waals surface area contributed by atoms with Crippen LogP contribution < -0.4 is 10.6 Å². The summed E-state index contributed by atoms with van der Waals surface area (Å²) in [5.74, 6) is 2.52. The number of aliphatic hydroxyl groups excluding tert-OH is 1. The second kappa shape index (κ2) is 5.77. The van der Waals surface area contributed by atoms with Gasteiger partial charge in [-0.05, 0) is 31.0 Å². The Hall–Kier alpha value is -1.99. The van der Waals surface area contributed by atoms with Crippen molar-refractivity contribution in [3.8, 4) is 12.3 Å². The molecule has 19 heavy (non-hydrogen) atoms. The molecular formula is C15H18N2O2. The zero-order valence-electron chi connectivity index (χ0n) is 10.8. The topological polar surface area (TPSA) is 61.4 Å². The summed E-state index contributed by atoms with van der Waals surface area (Å²) in [6.07, 6.45) is 9.02. The van der Waals surface area contributed by atoms with Crippen molar-refractivity contribution in [1.82, 2.24) is 5.32 Å². The predicted octanol–water partition coefficient (Wildman–Crippen LogP) is 2.09. The van der Waals surface area contributed by atoms with Crippen LogP contribution in [0.2, 0.25) is 0 Å². The maximum atomic E-state index is 11.9. The van der Waals surface area contributed by atoms with Crippen molar-refractivity contribution in [3.63, 3.8) is 0 Å². The molecule has 2 amide bonds. The van der Waals surface area contributed by atoms with Crippen LogP contribution in [-0.2, 0) is 0 Å². The lowest BCUT2D eigenvalue weighted by Gasteiger charge is -2.27. The Morgan fingerprint density at radius 1 is 1.42 bits per heavy atom. The molecule has 4 nitrogen and oxygen atoms in total. The Morgan fingerprint density at radius 3 is 2.79 bits per heavy atom. The molecule has 2 rings (SSSR count). The van der Waals surface area contributed by atoms with Gasteiger partial charge in [-0.1, -0.05) is 24.8 Å². The van der Waals surface area contributed by atoms with E-state index >= 15 is 0 Å². The highest BCUT2D eigenvalue weighted by molar-refractivity contribution is 5.90. The molecule has 1 aromatic carbocycles. The second-order valence-electron chi connectivity index (χ2n) is 4.95. The minimum Gasteiger partial charge on any atom is -0.394 e. The number of carbonyl (C=O) groups excluding carboxylic acids is 1. The Kier molecular flexibility index (Phi) is 4.08. The summed E-state index contributed by atoms with van der Waals surface area (Å²) in [6.45, 7) is -0.0230. The second-order valence-corrected chi connectivity index (χ2v) is 4.95. The standard InChI is InChI=1S/C15H18N2O2/c1-2-12-6-5-7-13(10-12)16-14(19)17-15(11-18)8-3-4-9-15/h1,5-7,10,18H,3-4,8-9,11H2,(H2,16,17,19). The third-order valence-corrected chi connectivity index (χ3v) is 3.53. The largest absolute Gasteiger partial charge is 0.394 e. The van der Waals surface area contributed by atoms with Crippen LogP contribution in [0.3, 0.4) is 0 Å². The van der Waals surface area contributed by atoms with Gasteiger partial charge in [-0.2, -0.15) is 0 Å². The highest BCUT2D eigenvalue weighted by Gasteiger charge is 2.34. The van der Waals surface area contributed by atoms with Gasteiger partial charge in [0, 0.05) is 11.3 Å². The van der Waals surface area contributed by atoms with E-state index in [0.717, 1.165) is 31.2 Å². The van der Waals surface area contributed by atoms with Crippen LogP contribution in [0.5, 0.6) is 0 Å². The number of benzene rings is 1. The average Bonchev–Trinajstić information content (AvgIpc) is 2.88. The first-order valence-electron chi connectivity index (χ1n) is 6.44. The first-order chi connectivity index (χ1) is 9.17. The van der Waals surface area contributed by atoms with Gasteiger partial charge >= 0.3 is 6.03 Å². The van der Waals surface area contributed by atoms with Crippen molar-refractivity contribution in [2.24, 2.45) is 0 Å². The molecule has 0 aromatic heterocycles. The fourth-order valence-electron chi connectivity index (χ4n) is 2.46. The summed E-state index contributed by atoms with van der Waals surface area (Å²) in [7, 11) is 0. The van der Waals surface area contributed by atoms with Gasteiger partial charge in [-0.15, -0.1) is 6.42 Å². The number of amides is 2. The fraction of sp³-hybridized carbons (Fsp3) is 0.400. The van der Waals surface area contributed by atoms with E-state index in [0.29, 0.717) is 5.69 Å². The van der Waals surface area contributed by atoms with Crippen LogP contribution in [-0.4, -0.2) is 23.3 Å². The van der Waals surface area contributed by atoms with Gasteiger partial charge in [0.1, 0.15) is 0 Å². The first kappa shape index (κ1) is 13.4. The van der Waals surface area contributed by atoms with E-state index in [1.54, 1.807) is 24.3 Å². The Balaban J connectivity index is 1.99. The Bertz CT molecular complexity index is 499. The number of terminal acetylenes is 1. The maximum absolute atomic E-state index is 11.9. The lowest BCUT2D eigenvalue weighted by atomic mass is 9.99. The molecule has 0 bridgehead atoms. The van der Waals surface area contributed by atoms with Crippen LogP contribution in [0.4, 0.5) is 10.5 Å². The molecule has 0 spiro atoms. The SMILES string of the molecule is C#Cc1cccc(NC(=O)NC2(CO)CCCC2)c1. The molecular weight excluding hydrogens is 240 g/mol. The zero-order valence-corrected chi connectivity index (χ0v) is 10.8. The molecule has 0 unspecified atom stereocenters. The van der Waals surface area contributed by atoms with Crippen molar-refractivity contribution in [2.75, 3.05) is 11.9 Å². The Morgan fingerprint density at radius 2 is 2.16 bits per heavy atom. The van der Waals surface area contributed by atoms with Gasteiger partial charge in [-0.25, -0.2) is 4.79 Å². The molecule has 100 valence electrons. The van der Waals surface area contributed by atoms with Crippen molar-refractivity contribution in [2.45, 2.75) is 31.2 Å². The van der Waals surface area contributed by atoms with Crippen LogP contribution in [0.15, 0.2) is 24.3 Å². The van der Waals surface area contributed by atoms with Gasteiger partial charge < -0.3 is 15.7 Å². The van der Waals surface area contributed by atoms with Crippen LogP contribution in [0.25, 0.3) is 0 Å². The van der Waals surface area contributed by atoms with E-state index in [1.807, 2.05) is 0 Å². The highest BCUT2D eigenvalue weighted by Crippen LogP contribution is 2.29. The lowest BCUT2D eigenvalue weighted by molar-refractivity contribution is 0.167. The summed E-state index contributed by atoms with van der Waals surface area (Å²) >= 11 is 0. The Labute approximate surface area is 113 Å². The molecule has 4 heteroatoms. The average molecular weight is 258 g/mol. The summed E-state index contributed by atoms with van der Waals surface area (Å²) in [5, 5.41) is 15.1. The summed E-state index contributed by atoms with van der Waals surface area (Å²) in [4.78, 5) is 11.9. The van der Waals surface area contributed by atoms with Gasteiger partial charge in [0.15, 0.2) is 0 Å². The van der Waals surface area contributed by atoms with Crippen molar-refractivity contribution >= 4 is 11.7 Å². The van der Waals surface area contributed by atoms with Gasteiger partial charge in [0.25, 0.3) is 0 Å². The quantitative estimate of drug-likeness (QED) is 0.727. The van der Waals surface area contributed by atoms with Gasteiger partial charge in [0.2, 0.25) is 0 Å². The third-order valence-electron chi connectivity index (χ3n) is 3.53. The number of rotatable bonds is 3. The van der Waals surface area contributed by atoms with Crippen LogP contribution in [0, 0.1) is 12.3 Å². The summed E-state index contributed by atoms with van der Waals surface area (Å²) in [5.41, 5.74) is 0.906. The number of carbonyl (C=O) groups is 1. The van der Waals surface area contributed by atoms with E-state index in [1.165, 1.54) is 0 Å². The van der Waals surface area contributed by atoms with Crippen molar-refractivity contribution in [1.29, 1.82) is 0 Å². The van der Waals surface area contributed by atoms with E-state index in [4.69, 9.17) is 6.42 Å². The number of hydrogen-bond acceptors (Lipinski definition) is 2. The van der Waals surface area contributed by atoms with E-state index < -0.39 is 5.54 Å². The lowest BCUT2D eigenvalue weighted by Crippen LogP contribution is -2.50. The molecule has 1 aromatic rings. The molecule has 0 radical (unpaired) electrons. The van der Waals surface area contributed by atoms with Crippen LogP contribution in [0.1, 0.15) is 31.2 Å². The molecule has 0 saturated heterocycles. The van der Waals surface area contributed by atoms with E-state index in [-0.39, 0.29) is 12.6 Å². The third kappa shape index (κ3) is 3.27. The molecule has 3 N–H and O–H groups in total. The molecule has 1 aliphatic rings. The molecule has 1 aliphatic carbocycles. The van der Waals surface area contributed by atoms with Gasteiger partial charge in [0.05, 0.1) is 12.1 Å². The molecule has 0 atom stereocenters. The molecule has 0 heterocycles. The predicted molar refractivity (Wildman–Crippen MR) is 74.8 cm³/mol. The maximum Gasteiger partial charge on any atom is 0.319 e. The molecule has 1 saturated carbocycles. The highest BCUT2D eigenvalue weighted by atomic mass is 16.3. The summed E-state index contributed by atoms with van der Waals surface area (Å²) in [6, 6.07) is 6.81. The van der Waals surface area contributed by atoms with Crippen LogP contribution >= 0.6 is 0 Å². The van der Waals surface area contributed by atoms with Gasteiger partial charge in [-0.3, -0.25) is 0 Å². The number of aliphatic hydroxyl groups is 1. The number of urea groups is 1. The zero-order chi connectivity index (χ0) is 13.7. The fourth-order valence-corrected chi connectivity index (χ4v) is 2.46. The minimum absolute atomic E-state index is 0.0230. The monoisotopic (exact) mass is 258 g/mol.